The van der Waals surface area contributed by atoms with E-state index in [-0.39, 0.29) is 11.1 Å². The standard InChI is InChI=1S/C14H14ClNO4S/c1-4-20-10-6-8(5-9(15)12(10)19-3)7-11-13(17)16(2)14(18)21-11/h5-7H,4H2,1-3H3/b11-7-. The van der Waals surface area contributed by atoms with Crippen molar-refractivity contribution in [3.05, 3.63) is 27.6 Å². The summed E-state index contributed by atoms with van der Waals surface area (Å²) in [4.78, 5) is 24.8. The summed E-state index contributed by atoms with van der Waals surface area (Å²) in [6.45, 7) is 2.31. The summed E-state index contributed by atoms with van der Waals surface area (Å²) in [5.41, 5.74) is 0.670. The number of carbonyl (C=O) groups excluding carboxylic acids is 2. The lowest BCUT2D eigenvalue weighted by Crippen LogP contribution is -2.22. The summed E-state index contributed by atoms with van der Waals surface area (Å²) < 4.78 is 10.7. The van der Waals surface area contributed by atoms with Crippen LogP contribution in [0.1, 0.15) is 12.5 Å². The smallest absolute Gasteiger partial charge is 0.293 e. The van der Waals surface area contributed by atoms with Gasteiger partial charge in [0.2, 0.25) is 0 Å². The van der Waals surface area contributed by atoms with E-state index in [1.54, 1.807) is 18.2 Å². The Bertz CT molecular complexity index is 630. The second-order valence-electron chi connectivity index (χ2n) is 4.21. The van der Waals surface area contributed by atoms with Crippen molar-refractivity contribution in [1.29, 1.82) is 0 Å². The zero-order chi connectivity index (χ0) is 15.6. The Morgan fingerprint density at radius 3 is 2.62 bits per heavy atom. The minimum atomic E-state index is -0.324. The average molecular weight is 328 g/mol. The third-order valence-electron chi connectivity index (χ3n) is 2.82. The van der Waals surface area contributed by atoms with Crippen molar-refractivity contribution in [1.82, 2.24) is 4.90 Å². The first kappa shape index (κ1) is 15.7. The van der Waals surface area contributed by atoms with Gasteiger partial charge in [-0.25, -0.2) is 0 Å². The summed E-state index contributed by atoms with van der Waals surface area (Å²) in [6.07, 6.45) is 1.61. The summed E-state index contributed by atoms with van der Waals surface area (Å²) in [7, 11) is 2.96. The molecule has 1 aromatic rings. The van der Waals surface area contributed by atoms with Crippen LogP contribution < -0.4 is 9.47 Å². The van der Waals surface area contributed by atoms with E-state index in [0.29, 0.717) is 33.6 Å². The highest BCUT2D eigenvalue weighted by atomic mass is 35.5. The highest BCUT2D eigenvalue weighted by Gasteiger charge is 2.31. The van der Waals surface area contributed by atoms with Crippen molar-refractivity contribution in [3.8, 4) is 11.5 Å². The van der Waals surface area contributed by atoms with Gasteiger partial charge in [0.1, 0.15) is 0 Å². The molecule has 2 amide bonds. The van der Waals surface area contributed by atoms with Gasteiger partial charge in [-0.2, -0.15) is 0 Å². The van der Waals surface area contributed by atoms with Crippen LogP contribution in [0.2, 0.25) is 5.02 Å². The minimum absolute atomic E-state index is 0.295. The first-order chi connectivity index (χ1) is 9.97. The molecule has 0 aromatic heterocycles. The molecule has 0 radical (unpaired) electrons. The van der Waals surface area contributed by atoms with Crippen LogP contribution in [-0.4, -0.2) is 36.8 Å². The molecule has 0 atom stereocenters. The number of imide groups is 1. The van der Waals surface area contributed by atoms with Gasteiger partial charge < -0.3 is 9.47 Å². The Morgan fingerprint density at radius 1 is 1.38 bits per heavy atom. The molecule has 1 heterocycles. The van der Waals surface area contributed by atoms with Crippen LogP contribution in [0.15, 0.2) is 17.0 Å². The Labute approximate surface area is 131 Å². The predicted molar refractivity (Wildman–Crippen MR) is 82.9 cm³/mol. The first-order valence-corrected chi connectivity index (χ1v) is 7.39. The molecule has 7 heteroatoms. The van der Waals surface area contributed by atoms with Crippen molar-refractivity contribution < 1.29 is 19.1 Å². The van der Waals surface area contributed by atoms with Gasteiger partial charge in [0, 0.05) is 7.05 Å². The van der Waals surface area contributed by atoms with E-state index in [4.69, 9.17) is 21.1 Å². The molecule has 1 saturated heterocycles. The fourth-order valence-corrected chi connectivity index (χ4v) is 2.95. The molecule has 0 saturated carbocycles. The molecule has 1 aliphatic heterocycles. The van der Waals surface area contributed by atoms with Crippen LogP contribution in [0.25, 0.3) is 6.08 Å². The van der Waals surface area contributed by atoms with E-state index in [0.717, 1.165) is 16.7 Å². The van der Waals surface area contributed by atoms with E-state index < -0.39 is 0 Å². The van der Waals surface area contributed by atoms with Crippen molar-refractivity contribution >= 4 is 40.6 Å². The second-order valence-corrected chi connectivity index (χ2v) is 5.61. The number of amides is 2. The number of methoxy groups -OCH3 is 1. The molecule has 112 valence electrons. The monoisotopic (exact) mass is 327 g/mol. The van der Waals surface area contributed by atoms with E-state index in [9.17, 15) is 9.59 Å². The molecule has 2 rings (SSSR count). The fourth-order valence-electron chi connectivity index (χ4n) is 1.83. The van der Waals surface area contributed by atoms with Crippen LogP contribution in [0, 0.1) is 0 Å². The number of carbonyl (C=O) groups is 2. The van der Waals surface area contributed by atoms with E-state index in [1.165, 1.54) is 14.2 Å². The zero-order valence-electron chi connectivity index (χ0n) is 11.8. The first-order valence-electron chi connectivity index (χ1n) is 6.19. The van der Waals surface area contributed by atoms with Crippen LogP contribution in [0.5, 0.6) is 11.5 Å². The predicted octanol–water partition coefficient (Wildman–Crippen LogP) is 3.41. The lowest BCUT2D eigenvalue weighted by molar-refractivity contribution is -0.121. The summed E-state index contributed by atoms with van der Waals surface area (Å²) >= 11 is 7.04. The van der Waals surface area contributed by atoms with Gasteiger partial charge in [-0.05, 0) is 42.5 Å². The molecule has 0 bridgehead atoms. The van der Waals surface area contributed by atoms with Crippen LogP contribution in [-0.2, 0) is 4.79 Å². The SMILES string of the molecule is CCOc1cc(/C=C2\SC(=O)N(C)C2=O)cc(Cl)c1OC. The molecule has 0 aliphatic carbocycles. The lowest BCUT2D eigenvalue weighted by atomic mass is 10.2. The number of rotatable bonds is 4. The number of benzene rings is 1. The largest absolute Gasteiger partial charge is 0.491 e. The van der Waals surface area contributed by atoms with Gasteiger partial charge in [-0.1, -0.05) is 11.6 Å². The topological polar surface area (TPSA) is 55.8 Å². The molecule has 0 unspecified atom stereocenters. The number of hydrogen-bond acceptors (Lipinski definition) is 5. The number of nitrogens with zero attached hydrogens (tertiary/aromatic N) is 1. The highest BCUT2D eigenvalue weighted by Crippen LogP contribution is 2.38. The van der Waals surface area contributed by atoms with Gasteiger partial charge in [0.05, 0.1) is 23.6 Å². The summed E-state index contributed by atoms with van der Waals surface area (Å²) in [6, 6.07) is 3.38. The molecule has 1 aromatic carbocycles. The number of likely N-dealkylation sites (N-methyl/N-ethyl adjacent to an activating group) is 1. The van der Waals surface area contributed by atoms with Gasteiger partial charge >= 0.3 is 0 Å². The Hall–Kier alpha value is -1.66. The van der Waals surface area contributed by atoms with Crippen LogP contribution in [0.3, 0.4) is 0 Å². The maximum atomic E-state index is 11.9. The summed E-state index contributed by atoms with van der Waals surface area (Å²) in [5.74, 6) is 0.614. The number of thioether (sulfide) groups is 1. The van der Waals surface area contributed by atoms with Gasteiger partial charge in [0.25, 0.3) is 11.1 Å². The maximum Gasteiger partial charge on any atom is 0.293 e. The number of ether oxygens (including phenoxy) is 2. The molecule has 1 aliphatic rings. The normalized spacial score (nSPS) is 16.8. The van der Waals surface area contributed by atoms with Crippen LogP contribution in [0.4, 0.5) is 4.79 Å². The van der Waals surface area contributed by atoms with Crippen molar-refractivity contribution in [2.24, 2.45) is 0 Å². The maximum absolute atomic E-state index is 11.9. The average Bonchev–Trinajstić information content (AvgIpc) is 2.67. The Balaban J connectivity index is 2.41. The number of halogens is 1. The molecular weight excluding hydrogens is 314 g/mol. The fraction of sp³-hybridized carbons (Fsp3) is 0.286. The molecule has 0 spiro atoms. The molecule has 1 fully saturated rings. The molecule has 5 nitrogen and oxygen atoms in total. The third kappa shape index (κ3) is 3.16. The van der Waals surface area contributed by atoms with E-state index >= 15 is 0 Å². The summed E-state index contributed by atoms with van der Waals surface area (Å²) in [5, 5.41) is 0.0846. The van der Waals surface area contributed by atoms with Crippen molar-refractivity contribution in [2.75, 3.05) is 20.8 Å². The van der Waals surface area contributed by atoms with Crippen molar-refractivity contribution in [2.45, 2.75) is 6.92 Å². The van der Waals surface area contributed by atoms with Gasteiger partial charge in [0.15, 0.2) is 11.5 Å². The Morgan fingerprint density at radius 2 is 2.10 bits per heavy atom. The Kier molecular flexibility index (Phi) is 4.80. The van der Waals surface area contributed by atoms with Crippen LogP contribution >= 0.6 is 23.4 Å². The molecule has 0 N–H and O–H groups in total. The molecular formula is C14H14ClNO4S. The van der Waals surface area contributed by atoms with E-state index in [2.05, 4.69) is 0 Å². The zero-order valence-corrected chi connectivity index (χ0v) is 13.4. The van der Waals surface area contributed by atoms with E-state index in [1.807, 2.05) is 6.92 Å². The number of hydrogen-bond donors (Lipinski definition) is 0. The minimum Gasteiger partial charge on any atom is -0.491 e. The lowest BCUT2D eigenvalue weighted by Gasteiger charge is -2.12. The quantitative estimate of drug-likeness (QED) is 0.793. The highest BCUT2D eigenvalue weighted by molar-refractivity contribution is 8.18. The third-order valence-corrected chi connectivity index (χ3v) is 4.06. The van der Waals surface area contributed by atoms with Gasteiger partial charge in [-0.3, -0.25) is 14.5 Å². The van der Waals surface area contributed by atoms with Gasteiger partial charge in [-0.15, -0.1) is 0 Å². The second kappa shape index (κ2) is 6.41. The molecule has 21 heavy (non-hydrogen) atoms. The van der Waals surface area contributed by atoms with Crippen molar-refractivity contribution in [3.63, 3.8) is 0 Å².